The van der Waals surface area contributed by atoms with Crippen molar-refractivity contribution in [3.8, 4) is 0 Å². The number of benzene rings is 1. The van der Waals surface area contributed by atoms with Gasteiger partial charge in [0.15, 0.2) is 0 Å². The number of fused-ring (bicyclic) bond motifs is 1. The number of aromatic nitrogens is 2. The molecule has 2 N–H and O–H groups in total. The minimum Gasteiger partial charge on any atom is -0.475 e. The topological polar surface area (TPSA) is 111 Å². The van der Waals surface area contributed by atoms with E-state index in [1.807, 2.05) is 69.6 Å². The molecule has 3 amide bonds. The van der Waals surface area contributed by atoms with Crippen LogP contribution < -0.4 is 5.32 Å². The Kier molecular flexibility index (Phi) is 9.26. The van der Waals surface area contributed by atoms with Crippen molar-refractivity contribution in [1.82, 2.24) is 24.5 Å². The molecule has 2 atom stereocenters. The number of amides is 3. The molecule has 2 saturated heterocycles. The molecular weight excluding hydrogens is 517 g/mol. The van der Waals surface area contributed by atoms with Crippen LogP contribution in [0.4, 0.5) is 23.7 Å². The number of anilines is 1. The summed E-state index contributed by atoms with van der Waals surface area (Å²) in [5.74, 6) is -2.48. The molecule has 10 nitrogen and oxygen atoms in total. The number of halogens is 3. The molecule has 2 aliphatic rings. The molecule has 4 rings (SSSR count). The van der Waals surface area contributed by atoms with Gasteiger partial charge in [-0.25, -0.2) is 9.59 Å². The Bertz CT molecular complexity index is 1170. The van der Waals surface area contributed by atoms with Crippen molar-refractivity contribution in [3.63, 3.8) is 0 Å². The zero-order chi connectivity index (χ0) is 29.0. The molecular formula is C26H35F3N6O4. The summed E-state index contributed by atoms with van der Waals surface area (Å²) in [5.41, 5.74) is 2.64. The molecule has 2 aromatic rings. The number of rotatable bonds is 4. The Balaban J connectivity index is 0.000000532. The van der Waals surface area contributed by atoms with Gasteiger partial charge in [-0.2, -0.15) is 18.3 Å². The smallest absolute Gasteiger partial charge is 0.475 e. The lowest BCUT2D eigenvalue weighted by atomic mass is 9.74. The second-order valence-electron chi connectivity index (χ2n) is 10.4. The molecule has 1 aromatic heterocycles. The van der Waals surface area contributed by atoms with Gasteiger partial charge >= 0.3 is 18.2 Å². The van der Waals surface area contributed by atoms with Crippen LogP contribution in [0.2, 0.25) is 0 Å². The van der Waals surface area contributed by atoms with Gasteiger partial charge < -0.3 is 20.2 Å². The van der Waals surface area contributed by atoms with E-state index >= 15 is 0 Å². The normalized spacial score (nSPS) is 21.3. The molecule has 0 aliphatic carbocycles. The number of nitrogens with zero attached hydrogens (tertiary/aromatic N) is 5. The van der Waals surface area contributed by atoms with Gasteiger partial charge in [-0.15, -0.1) is 0 Å². The molecule has 0 spiro atoms. The van der Waals surface area contributed by atoms with Crippen molar-refractivity contribution < 1.29 is 32.7 Å². The van der Waals surface area contributed by atoms with Crippen LogP contribution in [0.15, 0.2) is 36.7 Å². The van der Waals surface area contributed by atoms with Crippen LogP contribution in [0.3, 0.4) is 0 Å². The third-order valence-corrected chi connectivity index (χ3v) is 7.09. The molecule has 13 heteroatoms. The number of carboxylic acids is 1. The van der Waals surface area contributed by atoms with Crippen LogP contribution in [-0.4, -0.2) is 93.9 Å². The second kappa shape index (κ2) is 12.1. The highest BCUT2D eigenvalue weighted by Gasteiger charge is 2.53. The number of hydrogen-bond donors (Lipinski definition) is 2. The fourth-order valence-electron chi connectivity index (χ4n) is 5.29. The summed E-state index contributed by atoms with van der Waals surface area (Å²) >= 11 is 0. The monoisotopic (exact) mass is 552 g/mol. The van der Waals surface area contributed by atoms with Gasteiger partial charge in [-0.05, 0) is 31.9 Å². The van der Waals surface area contributed by atoms with Gasteiger partial charge in [0.2, 0.25) is 5.91 Å². The number of aryl methyl sites for hydroxylation is 2. The number of hydrogen-bond acceptors (Lipinski definition) is 5. The van der Waals surface area contributed by atoms with Gasteiger partial charge in [0.25, 0.3) is 0 Å². The largest absolute Gasteiger partial charge is 0.490 e. The summed E-state index contributed by atoms with van der Waals surface area (Å²) in [6.07, 6.45) is 0.441. The van der Waals surface area contributed by atoms with Crippen LogP contribution in [0.5, 0.6) is 0 Å². The molecule has 0 bridgehead atoms. The zero-order valence-corrected chi connectivity index (χ0v) is 22.5. The van der Waals surface area contributed by atoms with Crippen LogP contribution in [-0.2, 0) is 23.2 Å². The van der Waals surface area contributed by atoms with E-state index in [1.165, 1.54) is 0 Å². The lowest BCUT2D eigenvalue weighted by molar-refractivity contribution is -0.192. The molecule has 0 saturated carbocycles. The van der Waals surface area contributed by atoms with Gasteiger partial charge in [0.1, 0.15) is 0 Å². The number of carbonyl (C=O) groups excluding carboxylic acids is 2. The Hall–Kier alpha value is -3.61. The number of alkyl halides is 3. The van der Waals surface area contributed by atoms with E-state index in [0.717, 1.165) is 49.3 Å². The van der Waals surface area contributed by atoms with Crippen LogP contribution in [0, 0.1) is 18.3 Å². The Morgan fingerprint density at radius 3 is 2.36 bits per heavy atom. The third kappa shape index (κ3) is 7.49. The lowest BCUT2D eigenvalue weighted by Crippen LogP contribution is -2.48. The Labute approximate surface area is 225 Å². The first kappa shape index (κ1) is 29.9. The van der Waals surface area contributed by atoms with Crippen molar-refractivity contribution >= 4 is 23.6 Å². The highest BCUT2D eigenvalue weighted by Crippen LogP contribution is 2.44. The summed E-state index contributed by atoms with van der Waals surface area (Å²) in [5, 5.41) is 14.4. The average molecular weight is 553 g/mol. The van der Waals surface area contributed by atoms with Gasteiger partial charge in [0.05, 0.1) is 11.6 Å². The fraction of sp³-hybridized carbons (Fsp3) is 0.538. The SMILES string of the molecule is Cc1ccc(NC(=O)N2CCC[C@]3(C(=O)N(C)C)CN(Cc4cnn(C)c4)C[C@@H]3C2)cc1.O=C(O)C(F)(F)F. The van der Waals surface area contributed by atoms with E-state index in [9.17, 15) is 22.8 Å². The number of carbonyl (C=O) groups is 3. The van der Waals surface area contributed by atoms with Crippen molar-refractivity contribution in [2.45, 2.75) is 32.5 Å². The number of carboxylic acid groups (broad SMARTS) is 1. The fourth-order valence-corrected chi connectivity index (χ4v) is 5.29. The molecule has 1 aromatic carbocycles. The molecule has 0 unspecified atom stereocenters. The molecule has 2 aliphatic heterocycles. The number of urea groups is 1. The summed E-state index contributed by atoms with van der Waals surface area (Å²) < 4.78 is 33.5. The molecule has 3 heterocycles. The van der Waals surface area contributed by atoms with E-state index in [-0.39, 0.29) is 17.9 Å². The molecule has 39 heavy (non-hydrogen) atoms. The predicted molar refractivity (Wildman–Crippen MR) is 138 cm³/mol. The van der Waals surface area contributed by atoms with Crippen LogP contribution in [0.1, 0.15) is 24.0 Å². The third-order valence-electron chi connectivity index (χ3n) is 7.09. The number of likely N-dealkylation sites (tertiary alicyclic amines) is 2. The molecule has 214 valence electrons. The Morgan fingerprint density at radius 2 is 1.82 bits per heavy atom. The van der Waals surface area contributed by atoms with Crippen molar-refractivity contribution in [2.75, 3.05) is 45.6 Å². The van der Waals surface area contributed by atoms with Crippen LogP contribution >= 0.6 is 0 Å². The quantitative estimate of drug-likeness (QED) is 0.603. The summed E-state index contributed by atoms with van der Waals surface area (Å²) in [6, 6.07) is 7.75. The van der Waals surface area contributed by atoms with E-state index in [2.05, 4.69) is 15.3 Å². The minimum atomic E-state index is -5.08. The molecule has 2 fully saturated rings. The van der Waals surface area contributed by atoms with E-state index in [4.69, 9.17) is 9.90 Å². The highest BCUT2D eigenvalue weighted by molar-refractivity contribution is 5.89. The first-order valence-electron chi connectivity index (χ1n) is 12.6. The van der Waals surface area contributed by atoms with E-state index in [1.54, 1.807) is 9.58 Å². The highest BCUT2D eigenvalue weighted by atomic mass is 19.4. The summed E-state index contributed by atoms with van der Waals surface area (Å²) in [4.78, 5) is 41.4. The summed E-state index contributed by atoms with van der Waals surface area (Å²) in [7, 11) is 5.59. The maximum Gasteiger partial charge on any atom is 0.490 e. The van der Waals surface area contributed by atoms with E-state index in [0.29, 0.717) is 13.1 Å². The van der Waals surface area contributed by atoms with Crippen molar-refractivity contribution in [1.29, 1.82) is 0 Å². The number of aliphatic carboxylic acids is 1. The average Bonchev–Trinajstić information content (AvgIpc) is 3.36. The van der Waals surface area contributed by atoms with Crippen LogP contribution in [0.25, 0.3) is 0 Å². The first-order chi connectivity index (χ1) is 18.2. The van der Waals surface area contributed by atoms with Gasteiger partial charge in [0, 0.05) is 77.2 Å². The second-order valence-corrected chi connectivity index (χ2v) is 10.4. The number of nitrogens with one attached hydrogen (secondary N) is 1. The lowest BCUT2D eigenvalue weighted by Gasteiger charge is -2.35. The predicted octanol–water partition coefficient (Wildman–Crippen LogP) is 3.20. The maximum absolute atomic E-state index is 13.4. The zero-order valence-electron chi connectivity index (χ0n) is 22.5. The summed E-state index contributed by atoms with van der Waals surface area (Å²) in [6.45, 7) is 5.56. The van der Waals surface area contributed by atoms with Crippen molar-refractivity contribution in [3.05, 3.63) is 47.8 Å². The van der Waals surface area contributed by atoms with Gasteiger partial charge in [-0.3, -0.25) is 14.4 Å². The minimum absolute atomic E-state index is 0.0901. The Morgan fingerprint density at radius 1 is 1.18 bits per heavy atom. The first-order valence-corrected chi connectivity index (χ1v) is 12.6. The molecule has 0 radical (unpaired) electrons. The maximum atomic E-state index is 13.4. The standard InChI is InChI=1S/C24H34N6O2.C2HF3O2/c1-18-6-8-21(9-7-18)26-23(32)30-11-5-10-24(22(31)27(2)3)17-29(15-20(24)16-30)14-19-12-25-28(4)13-19;3-2(4,5)1(6)7/h6-9,12-13,20H,5,10-11,14-17H2,1-4H3,(H,26,32);(H,6,7)/t20-,24+;/m1./s1. The van der Waals surface area contributed by atoms with Crippen molar-refractivity contribution in [2.24, 2.45) is 18.4 Å². The van der Waals surface area contributed by atoms with Gasteiger partial charge in [-0.1, -0.05) is 17.7 Å². The van der Waals surface area contributed by atoms with E-state index < -0.39 is 17.6 Å².